The molecule has 0 aromatic rings. The summed E-state index contributed by atoms with van der Waals surface area (Å²) in [6.07, 6.45) is 0. The first-order valence-electron chi connectivity index (χ1n) is 8.55. The number of carbonyl (C=O) groups excluding carboxylic acids is 1. The quantitative estimate of drug-likeness (QED) is 0.679. The van der Waals surface area contributed by atoms with Crippen LogP contribution < -0.4 is 0 Å². The highest BCUT2D eigenvalue weighted by molar-refractivity contribution is 5.78. The minimum Gasteiger partial charge on any atom is -0.383 e. The van der Waals surface area contributed by atoms with E-state index in [1.165, 1.54) is 0 Å². The molecule has 2 heterocycles. The zero-order valence-electron chi connectivity index (χ0n) is 14.5. The lowest BCUT2D eigenvalue weighted by molar-refractivity contribution is -0.134. The van der Waals surface area contributed by atoms with Gasteiger partial charge in [-0.3, -0.25) is 19.5 Å². The van der Waals surface area contributed by atoms with E-state index in [9.17, 15) is 4.79 Å². The van der Waals surface area contributed by atoms with E-state index in [2.05, 4.69) is 28.5 Å². The molecule has 0 saturated carbocycles. The third-order valence-electron chi connectivity index (χ3n) is 4.83. The van der Waals surface area contributed by atoms with Crippen molar-refractivity contribution in [3.63, 3.8) is 0 Å². The van der Waals surface area contributed by atoms with Crippen LogP contribution in [-0.4, -0.2) is 111 Å². The van der Waals surface area contributed by atoms with Gasteiger partial charge in [-0.25, -0.2) is 0 Å². The zero-order chi connectivity index (χ0) is 15.9. The second kappa shape index (κ2) is 8.82. The van der Waals surface area contributed by atoms with Gasteiger partial charge in [0.15, 0.2) is 0 Å². The van der Waals surface area contributed by atoms with Gasteiger partial charge in [0.25, 0.3) is 0 Å². The summed E-state index contributed by atoms with van der Waals surface area (Å²) in [7, 11) is 1.74. The van der Waals surface area contributed by atoms with Crippen LogP contribution in [0.1, 0.15) is 13.8 Å². The van der Waals surface area contributed by atoms with Gasteiger partial charge in [0.05, 0.1) is 13.2 Å². The van der Waals surface area contributed by atoms with E-state index in [1.807, 2.05) is 4.90 Å². The highest BCUT2D eigenvalue weighted by Crippen LogP contribution is 2.08. The second-order valence-electron chi connectivity index (χ2n) is 6.62. The van der Waals surface area contributed by atoms with Crippen molar-refractivity contribution in [1.29, 1.82) is 0 Å². The third-order valence-corrected chi connectivity index (χ3v) is 4.83. The van der Waals surface area contributed by atoms with Crippen LogP contribution in [0.5, 0.6) is 0 Å². The molecule has 0 atom stereocenters. The lowest BCUT2D eigenvalue weighted by Gasteiger charge is -2.39. The summed E-state index contributed by atoms with van der Waals surface area (Å²) < 4.78 is 5.12. The first-order chi connectivity index (χ1) is 10.6. The Kier molecular flexibility index (Phi) is 7.08. The summed E-state index contributed by atoms with van der Waals surface area (Å²) in [5.74, 6) is 0.300. The lowest BCUT2D eigenvalue weighted by Crippen LogP contribution is -2.54. The van der Waals surface area contributed by atoms with E-state index in [-0.39, 0.29) is 0 Å². The average molecular weight is 312 g/mol. The topological polar surface area (TPSA) is 39.3 Å². The van der Waals surface area contributed by atoms with Crippen molar-refractivity contribution in [3.8, 4) is 0 Å². The van der Waals surface area contributed by atoms with Crippen molar-refractivity contribution in [2.24, 2.45) is 0 Å². The molecule has 2 aliphatic heterocycles. The highest BCUT2D eigenvalue weighted by atomic mass is 16.5. The maximum Gasteiger partial charge on any atom is 0.236 e. The molecule has 22 heavy (non-hydrogen) atoms. The van der Waals surface area contributed by atoms with Crippen LogP contribution in [0.3, 0.4) is 0 Å². The molecule has 0 spiro atoms. The summed E-state index contributed by atoms with van der Waals surface area (Å²) in [6, 6.07) is 0.581. The molecule has 0 unspecified atom stereocenters. The number of hydrogen-bond donors (Lipinski definition) is 0. The summed E-state index contributed by atoms with van der Waals surface area (Å²) in [6.45, 7) is 14.6. The van der Waals surface area contributed by atoms with E-state index in [4.69, 9.17) is 4.74 Å². The Morgan fingerprint density at radius 2 is 1.55 bits per heavy atom. The van der Waals surface area contributed by atoms with Gasteiger partial charge in [-0.05, 0) is 13.8 Å². The van der Waals surface area contributed by atoms with E-state index < -0.39 is 0 Å². The minimum atomic E-state index is 0.300. The monoisotopic (exact) mass is 312 g/mol. The van der Waals surface area contributed by atoms with Crippen LogP contribution in [0.2, 0.25) is 0 Å². The number of nitrogens with zero attached hydrogens (tertiary/aromatic N) is 4. The Morgan fingerprint density at radius 1 is 0.955 bits per heavy atom. The molecule has 2 fully saturated rings. The Morgan fingerprint density at radius 3 is 2.09 bits per heavy atom. The first-order valence-corrected chi connectivity index (χ1v) is 8.55. The Balaban J connectivity index is 1.66. The number of carbonyl (C=O) groups is 1. The van der Waals surface area contributed by atoms with Gasteiger partial charge in [0, 0.05) is 72.1 Å². The zero-order valence-corrected chi connectivity index (χ0v) is 14.5. The smallest absolute Gasteiger partial charge is 0.236 e. The molecular formula is C16H32N4O2. The Labute approximate surface area is 135 Å². The standard InChI is InChI=1S/C16H32N4O2/c1-15(2)19-8-10-20(11-9-19)16(21)14-18-6-4-17(5-7-18)12-13-22-3/h15H,4-14H2,1-3H3. The van der Waals surface area contributed by atoms with Gasteiger partial charge >= 0.3 is 0 Å². The van der Waals surface area contributed by atoms with E-state index in [0.29, 0.717) is 18.5 Å². The molecule has 2 rings (SSSR count). The molecule has 0 N–H and O–H groups in total. The molecule has 0 aliphatic carbocycles. The normalized spacial score (nSPS) is 22.5. The molecule has 0 aromatic carbocycles. The summed E-state index contributed by atoms with van der Waals surface area (Å²) in [5.41, 5.74) is 0. The van der Waals surface area contributed by atoms with Crippen molar-refractivity contribution in [2.45, 2.75) is 19.9 Å². The summed E-state index contributed by atoms with van der Waals surface area (Å²) >= 11 is 0. The maximum atomic E-state index is 12.4. The average Bonchev–Trinajstić information content (AvgIpc) is 2.54. The van der Waals surface area contributed by atoms with Crippen molar-refractivity contribution < 1.29 is 9.53 Å². The molecule has 6 nitrogen and oxygen atoms in total. The van der Waals surface area contributed by atoms with Crippen LogP contribution in [-0.2, 0) is 9.53 Å². The number of amides is 1. The molecule has 2 saturated heterocycles. The molecule has 2 aliphatic rings. The number of piperazine rings is 2. The fourth-order valence-electron chi connectivity index (χ4n) is 3.17. The number of ether oxygens (including phenoxy) is 1. The van der Waals surface area contributed by atoms with Gasteiger partial charge in [-0.1, -0.05) is 0 Å². The predicted molar refractivity (Wildman–Crippen MR) is 88.0 cm³/mol. The van der Waals surface area contributed by atoms with E-state index >= 15 is 0 Å². The number of hydrogen-bond acceptors (Lipinski definition) is 5. The van der Waals surface area contributed by atoms with Crippen LogP contribution >= 0.6 is 0 Å². The molecular weight excluding hydrogens is 280 g/mol. The number of rotatable bonds is 6. The van der Waals surface area contributed by atoms with Crippen LogP contribution in [0.4, 0.5) is 0 Å². The van der Waals surface area contributed by atoms with Crippen molar-refractivity contribution in [2.75, 3.05) is 79.2 Å². The molecule has 6 heteroatoms. The second-order valence-corrected chi connectivity index (χ2v) is 6.62. The first kappa shape index (κ1) is 17.7. The van der Waals surface area contributed by atoms with Gasteiger partial charge in [-0.15, -0.1) is 0 Å². The summed E-state index contributed by atoms with van der Waals surface area (Å²) in [5, 5.41) is 0. The minimum absolute atomic E-state index is 0.300. The van der Waals surface area contributed by atoms with Gasteiger partial charge in [0.1, 0.15) is 0 Å². The van der Waals surface area contributed by atoms with Crippen molar-refractivity contribution in [3.05, 3.63) is 0 Å². The van der Waals surface area contributed by atoms with Crippen molar-refractivity contribution >= 4 is 5.91 Å². The van der Waals surface area contributed by atoms with Gasteiger partial charge in [-0.2, -0.15) is 0 Å². The Bertz CT molecular complexity index is 335. The van der Waals surface area contributed by atoms with Gasteiger partial charge < -0.3 is 9.64 Å². The largest absolute Gasteiger partial charge is 0.383 e. The highest BCUT2D eigenvalue weighted by Gasteiger charge is 2.25. The predicted octanol–water partition coefficient (Wildman–Crippen LogP) is -0.197. The van der Waals surface area contributed by atoms with E-state index in [1.54, 1.807) is 7.11 Å². The SMILES string of the molecule is COCCN1CCN(CC(=O)N2CCN(C(C)C)CC2)CC1. The maximum absolute atomic E-state index is 12.4. The number of methoxy groups -OCH3 is 1. The Hall–Kier alpha value is -0.690. The lowest BCUT2D eigenvalue weighted by atomic mass is 10.2. The van der Waals surface area contributed by atoms with Gasteiger partial charge in [0.2, 0.25) is 5.91 Å². The molecule has 0 bridgehead atoms. The fraction of sp³-hybridized carbons (Fsp3) is 0.938. The van der Waals surface area contributed by atoms with Crippen molar-refractivity contribution in [1.82, 2.24) is 19.6 Å². The fourth-order valence-corrected chi connectivity index (χ4v) is 3.17. The third kappa shape index (κ3) is 5.19. The molecule has 0 radical (unpaired) electrons. The van der Waals surface area contributed by atoms with E-state index in [0.717, 1.165) is 65.5 Å². The molecule has 0 aromatic heterocycles. The van der Waals surface area contributed by atoms with Crippen LogP contribution in [0, 0.1) is 0 Å². The van der Waals surface area contributed by atoms with Crippen LogP contribution in [0.25, 0.3) is 0 Å². The van der Waals surface area contributed by atoms with Crippen LogP contribution in [0.15, 0.2) is 0 Å². The summed E-state index contributed by atoms with van der Waals surface area (Å²) in [4.78, 5) is 21.6. The molecule has 128 valence electrons. The molecule has 1 amide bonds.